The molecule has 0 spiro atoms. The van der Waals surface area contributed by atoms with Crippen molar-refractivity contribution in [3.63, 3.8) is 0 Å². The van der Waals surface area contributed by atoms with Crippen molar-refractivity contribution in [2.24, 2.45) is 5.73 Å². The molecular formula is C20H20BrN3O3S. The second-order valence-electron chi connectivity index (χ2n) is 6.91. The van der Waals surface area contributed by atoms with E-state index >= 15 is 0 Å². The van der Waals surface area contributed by atoms with Crippen LogP contribution in [0.5, 0.6) is 5.75 Å². The van der Waals surface area contributed by atoms with Crippen LogP contribution in [0.15, 0.2) is 27.5 Å². The van der Waals surface area contributed by atoms with Gasteiger partial charge in [-0.25, -0.2) is 4.98 Å². The first kappa shape index (κ1) is 19.1. The molecule has 0 fully saturated rings. The van der Waals surface area contributed by atoms with Gasteiger partial charge in [0.15, 0.2) is 6.61 Å². The number of nitrogens with two attached hydrogens (primary N) is 1. The van der Waals surface area contributed by atoms with Gasteiger partial charge in [-0.2, -0.15) is 0 Å². The largest absolute Gasteiger partial charge is 0.483 e. The SMILES string of the molecule is NC(=O)COc1ccc(-c2nc3sc4c(c3c(=O)[nH]2)CCCCCC4)cc1Br. The summed E-state index contributed by atoms with van der Waals surface area (Å²) in [5, 5.41) is 0.756. The molecule has 0 radical (unpaired) electrons. The third-order valence-corrected chi connectivity index (χ3v) is 6.71. The fraction of sp³-hybridized carbons (Fsp3) is 0.350. The molecule has 4 rings (SSSR count). The maximum absolute atomic E-state index is 12.9. The lowest BCUT2D eigenvalue weighted by Crippen LogP contribution is -2.20. The summed E-state index contributed by atoms with van der Waals surface area (Å²) in [4.78, 5) is 33.5. The van der Waals surface area contributed by atoms with Gasteiger partial charge in [0.1, 0.15) is 16.4 Å². The molecule has 0 unspecified atom stereocenters. The number of amides is 1. The van der Waals surface area contributed by atoms with E-state index in [0.717, 1.165) is 35.0 Å². The van der Waals surface area contributed by atoms with Crippen LogP contribution in [0.25, 0.3) is 21.6 Å². The van der Waals surface area contributed by atoms with Gasteiger partial charge in [0, 0.05) is 10.4 Å². The van der Waals surface area contributed by atoms with E-state index in [2.05, 4.69) is 20.9 Å². The van der Waals surface area contributed by atoms with E-state index in [1.54, 1.807) is 23.5 Å². The number of hydrogen-bond acceptors (Lipinski definition) is 5. The Morgan fingerprint density at radius 3 is 2.79 bits per heavy atom. The summed E-state index contributed by atoms with van der Waals surface area (Å²) in [6.07, 6.45) is 6.75. The zero-order valence-corrected chi connectivity index (χ0v) is 17.6. The fourth-order valence-electron chi connectivity index (χ4n) is 3.57. The molecule has 1 aromatic carbocycles. The molecule has 3 N–H and O–H groups in total. The van der Waals surface area contributed by atoms with E-state index in [1.165, 1.54) is 29.7 Å². The zero-order valence-electron chi connectivity index (χ0n) is 15.2. The molecule has 0 saturated carbocycles. The summed E-state index contributed by atoms with van der Waals surface area (Å²) in [6, 6.07) is 5.33. The van der Waals surface area contributed by atoms with Gasteiger partial charge in [0.2, 0.25) is 0 Å². The molecule has 1 aliphatic rings. The van der Waals surface area contributed by atoms with Gasteiger partial charge >= 0.3 is 0 Å². The number of nitrogens with one attached hydrogen (secondary N) is 1. The Kier molecular flexibility index (Phi) is 5.50. The summed E-state index contributed by atoms with van der Waals surface area (Å²) in [5.41, 5.74) is 6.99. The average Bonchev–Trinajstić information content (AvgIpc) is 2.97. The van der Waals surface area contributed by atoms with Gasteiger partial charge < -0.3 is 15.5 Å². The maximum Gasteiger partial charge on any atom is 0.260 e. The number of hydrogen-bond donors (Lipinski definition) is 2. The molecule has 0 bridgehead atoms. The van der Waals surface area contributed by atoms with Crippen molar-refractivity contribution < 1.29 is 9.53 Å². The highest BCUT2D eigenvalue weighted by Crippen LogP contribution is 2.34. The first-order valence-corrected chi connectivity index (χ1v) is 10.9. The highest BCUT2D eigenvalue weighted by Gasteiger charge is 2.19. The van der Waals surface area contributed by atoms with E-state index in [4.69, 9.17) is 15.5 Å². The van der Waals surface area contributed by atoms with Crippen molar-refractivity contribution in [3.8, 4) is 17.1 Å². The molecule has 2 heterocycles. The van der Waals surface area contributed by atoms with Crippen LogP contribution in [-0.4, -0.2) is 22.5 Å². The summed E-state index contributed by atoms with van der Waals surface area (Å²) in [6.45, 7) is -0.195. The smallest absolute Gasteiger partial charge is 0.260 e. The second kappa shape index (κ2) is 8.05. The number of aryl methyl sites for hydroxylation is 2. The van der Waals surface area contributed by atoms with Crippen molar-refractivity contribution >= 4 is 43.4 Å². The molecule has 8 heteroatoms. The van der Waals surface area contributed by atoms with Crippen molar-refractivity contribution in [3.05, 3.63) is 43.5 Å². The number of H-pyrrole nitrogens is 1. The van der Waals surface area contributed by atoms with Gasteiger partial charge in [-0.3, -0.25) is 9.59 Å². The minimum atomic E-state index is -0.541. The summed E-state index contributed by atoms with van der Waals surface area (Å²) < 4.78 is 6.01. The number of rotatable bonds is 4. The zero-order chi connectivity index (χ0) is 19.7. The highest BCUT2D eigenvalue weighted by molar-refractivity contribution is 9.10. The standard InChI is InChI=1S/C20H20BrN3O3S/c21-13-9-11(7-8-14(13)27-10-16(22)25)18-23-19(26)17-12-5-3-1-2-4-6-15(12)28-20(17)24-18/h7-9H,1-6,10H2,(H2,22,25)(H,23,24,26). The molecule has 0 aliphatic heterocycles. The molecule has 146 valence electrons. The van der Waals surface area contributed by atoms with Crippen LogP contribution in [0.2, 0.25) is 0 Å². The topological polar surface area (TPSA) is 98.1 Å². The predicted molar refractivity (Wildman–Crippen MR) is 114 cm³/mol. The van der Waals surface area contributed by atoms with Crippen LogP contribution < -0.4 is 16.0 Å². The predicted octanol–water partition coefficient (Wildman–Crippen LogP) is 3.94. The quantitative estimate of drug-likeness (QED) is 0.614. The Bertz CT molecular complexity index is 1110. The first-order chi connectivity index (χ1) is 13.5. The van der Waals surface area contributed by atoms with E-state index in [-0.39, 0.29) is 12.2 Å². The maximum atomic E-state index is 12.9. The van der Waals surface area contributed by atoms with Crippen LogP contribution in [0.1, 0.15) is 36.1 Å². The van der Waals surface area contributed by atoms with E-state index < -0.39 is 5.91 Å². The number of nitrogens with zero attached hydrogens (tertiary/aromatic N) is 1. The Morgan fingerprint density at radius 2 is 2.04 bits per heavy atom. The Labute approximate surface area is 174 Å². The number of carbonyl (C=O) groups is 1. The van der Waals surface area contributed by atoms with Gasteiger partial charge in [-0.1, -0.05) is 12.8 Å². The number of carbonyl (C=O) groups excluding carboxylic acids is 1. The lowest BCUT2D eigenvalue weighted by atomic mass is 9.98. The lowest BCUT2D eigenvalue weighted by molar-refractivity contribution is -0.119. The lowest BCUT2D eigenvalue weighted by Gasteiger charge is -2.09. The number of aromatic nitrogens is 2. The van der Waals surface area contributed by atoms with E-state index in [0.29, 0.717) is 16.0 Å². The van der Waals surface area contributed by atoms with Crippen molar-refractivity contribution in [1.29, 1.82) is 0 Å². The third-order valence-electron chi connectivity index (χ3n) is 4.90. The molecule has 0 saturated heterocycles. The number of benzene rings is 1. The number of primary amides is 1. The Morgan fingerprint density at radius 1 is 1.25 bits per heavy atom. The molecule has 28 heavy (non-hydrogen) atoms. The molecule has 6 nitrogen and oxygen atoms in total. The van der Waals surface area contributed by atoms with E-state index in [9.17, 15) is 9.59 Å². The van der Waals surface area contributed by atoms with Gasteiger partial charge in [0.25, 0.3) is 11.5 Å². The highest BCUT2D eigenvalue weighted by atomic mass is 79.9. The number of ether oxygens (including phenoxy) is 1. The van der Waals surface area contributed by atoms with Gasteiger partial charge in [0.05, 0.1) is 9.86 Å². The molecule has 1 aliphatic carbocycles. The Hall–Kier alpha value is -2.19. The number of aromatic amines is 1. The second-order valence-corrected chi connectivity index (χ2v) is 8.85. The Balaban J connectivity index is 1.72. The number of thiophene rings is 1. The van der Waals surface area contributed by atoms with Crippen LogP contribution in [-0.2, 0) is 17.6 Å². The molecule has 3 aromatic rings. The summed E-state index contributed by atoms with van der Waals surface area (Å²) in [5.74, 6) is 0.486. The number of halogens is 1. The average molecular weight is 462 g/mol. The van der Waals surface area contributed by atoms with E-state index in [1.807, 2.05) is 6.07 Å². The molecule has 1 amide bonds. The third kappa shape index (κ3) is 3.84. The molecule has 2 aromatic heterocycles. The fourth-order valence-corrected chi connectivity index (χ4v) is 5.32. The normalized spacial score (nSPS) is 14.3. The van der Waals surface area contributed by atoms with Gasteiger partial charge in [-0.15, -0.1) is 11.3 Å². The van der Waals surface area contributed by atoms with Crippen molar-refractivity contribution in [2.75, 3.05) is 6.61 Å². The minimum Gasteiger partial charge on any atom is -0.483 e. The first-order valence-electron chi connectivity index (χ1n) is 9.28. The minimum absolute atomic E-state index is 0.0803. The van der Waals surface area contributed by atoms with Crippen molar-refractivity contribution in [1.82, 2.24) is 9.97 Å². The van der Waals surface area contributed by atoms with Gasteiger partial charge in [-0.05, 0) is 65.4 Å². The summed E-state index contributed by atoms with van der Waals surface area (Å²) >= 11 is 5.08. The number of fused-ring (bicyclic) bond motifs is 3. The van der Waals surface area contributed by atoms with Crippen LogP contribution in [0, 0.1) is 0 Å². The monoisotopic (exact) mass is 461 g/mol. The van der Waals surface area contributed by atoms with Crippen LogP contribution >= 0.6 is 27.3 Å². The molecular weight excluding hydrogens is 442 g/mol. The summed E-state index contributed by atoms with van der Waals surface area (Å²) in [7, 11) is 0. The van der Waals surface area contributed by atoms with Crippen molar-refractivity contribution in [2.45, 2.75) is 38.5 Å². The van der Waals surface area contributed by atoms with Crippen LogP contribution in [0.3, 0.4) is 0 Å². The van der Waals surface area contributed by atoms with Crippen LogP contribution in [0.4, 0.5) is 0 Å². The molecule has 0 atom stereocenters.